The summed E-state index contributed by atoms with van der Waals surface area (Å²) in [5, 5.41) is 10.9. The first-order valence-electron chi connectivity index (χ1n) is 6.08. The number of carbonyl (C=O) groups is 2. The van der Waals surface area contributed by atoms with E-state index >= 15 is 0 Å². The fourth-order valence-corrected chi connectivity index (χ4v) is 1.84. The first kappa shape index (κ1) is 13.5. The number of amides is 1. The average Bonchev–Trinajstić information content (AvgIpc) is 2.52. The van der Waals surface area contributed by atoms with Gasteiger partial charge in [-0.1, -0.05) is 48.5 Å². The molecule has 0 radical (unpaired) electrons. The van der Waals surface area contributed by atoms with Gasteiger partial charge in [0.05, 0.1) is 11.6 Å². The molecule has 0 spiro atoms. The van der Waals surface area contributed by atoms with Gasteiger partial charge in [0.25, 0.3) is 5.91 Å². The van der Waals surface area contributed by atoms with Gasteiger partial charge < -0.3 is 5.32 Å². The van der Waals surface area contributed by atoms with E-state index in [1.165, 1.54) is 0 Å². The van der Waals surface area contributed by atoms with Gasteiger partial charge >= 0.3 is 0 Å². The lowest BCUT2D eigenvalue weighted by molar-refractivity contribution is 0.0946. The van der Waals surface area contributed by atoms with E-state index in [-0.39, 0.29) is 17.9 Å². The Balaban J connectivity index is 2.36. The lowest BCUT2D eigenvalue weighted by Crippen LogP contribution is -2.25. The van der Waals surface area contributed by atoms with Gasteiger partial charge in [-0.05, 0) is 6.07 Å². The van der Waals surface area contributed by atoms with Crippen molar-refractivity contribution in [2.24, 2.45) is 0 Å². The lowest BCUT2D eigenvalue weighted by atomic mass is 9.98. The van der Waals surface area contributed by atoms with E-state index in [0.717, 1.165) is 0 Å². The van der Waals surface area contributed by atoms with E-state index in [1.807, 2.05) is 12.1 Å². The van der Waals surface area contributed by atoms with Gasteiger partial charge in [-0.2, -0.15) is 5.26 Å². The Morgan fingerprint density at radius 3 is 2.20 bits per heavy atom. The number of ketones is 1. The Morgan fingerprint density at radius 2 is 1.55 bits per heavy atom. The van der Waals surface area contributed by atoms with Crippen LogP contribution in [0.5, 0.6) is 0 Å². The van der Waals surface area contributed by atoms with E-state index in [1.54, 1.807) is 48.5 Å². The first-order valence-corrected chi connectivity index (χ1v) is 6.08. The van der Waals surface area contributed by atoms with E-state index in [2.05, 4.69) is 5.32 Å². The van der Waals surface area contributed by atoms with E-state index < -0.39 is 5.91 Å². The minimum absolute atomic E-state index is 0.0906. The molecule has 4 nitrogen and oxygen atoms in total. The molecule has 98 valence electrons. The SMILES string of the molecule is N#CCNC(=O)c1ccccc1C(=O)c1ccccc1. The summed E-state index contributed by atoms with van der Waals surface area (Å²) < 4.78 is 0. The lowest BCUT2D eigenvalue weighted by Gasteiger charge is -2.08. The molecule has 0 aliphatic rings. The second kappa shape index (κ2) is 6.30. The minimum Gasteiger partial charge on any atom is -0.339 e. The molecule has 1 N–H and O–H groups in total. The number of nitriles is 1. The van der Waals surface area contributed by atoms with Gasteiger partial charge in [-0.3, -0.25) is 9.59 Å². The van der Waals surface area contributed by atoms with Crippen molar-refractivity contribution in [1.29, 1.82) is 5.26 Å². The number of nitrogens with one attached hydrogen (secondary N) is 1. The van der Waals surface area contributed by atoms with Crippen LogP contribution in [0, 0.1) is 11.3 Å². The zero-order valence-corrected chi connectivity index (χ0v) is 10.7. The predicted octanol–water partition coefficient (Wildman–Crippen LogP) is 2.17. The van der Waals surface area contributed by atoms with Crippen LogP contribution in [0.1, 0.15) is 26.3 Å². The number of carbonyl (C=O) groups excluding carboxylic acids is 2. The van der Waals surface area contributed by atoms with Crippen molar-refractivity contribution in [2.45, 2.75) is 0 Å². The van der Waals surface area contributed by atoms with E-state index in [4.69, 9.17) is 5.26 Å². The molecule has 0 unspecified atom stereocenters. The molecule has 2 aromatic rings. The van der Waals surface area contributed by atoms with Crippen molar-refractivity contribution < 1.29 is 9.59 Å². The molecule has 0 bridgehead atoms. The number of hydrogen-bond donors (Lipinski definition) is 1. The molecule has 0 heterocycles. The van der Waals surface area contributed by atoms with Gasteiger partial charge in [0, 0.05) is 11.1 Å². The van der Waals surface area contributed by atoms with Crippen molar-refractivity contribution in [3.8, 4) is 6.07 Å². The van der Waals surface area contributed by atoms with Gasteiger partial charge in [-0.25, -0.2) is 0 Å². The topological polar surface area (TPSA) is 70.0 Å². The molecular formula is C16H12N2O2. The Hall–Kier alpha value is -2.93. The van der Waals surface area contributed by atoms with Crippen LogP contribution in [0.3, 0.4) is 0 Å². The molecule has 0 saturated carbocycles. The van der Waals surface area contributed by atoms with Crippen LogP contribution >= 0.6 is 0 Å². The van der Waals surface area contributed by atoms with Crippen LogP contribution in [0.25, 0.3) is 0 Å². The third-order valence-electron chi connectivity index (χ3n) is 2.78. The molecule has 2 aromatic carbocycles. The molecule has 4 heteroatoms. The summed E-state index contributed by atoms with van der Waals surface area (Å²) >= 11 is 0. The van der Waals surface area contributed by atoms with Crippen LogP contribution in [-0.2, 0) is 0 Å². The average molecular weight is 264 g/mol. The van der Waals surface area contributed by atoms with Crippen molar-refractivity contribution in [2.75, 3.05) is 6.54 Å². The molecule has 0 fully saturated rings. The van der Waals surface area contributed by atoms with Gasteiger partial charge in [0.2, 0.25) is 0 Å². The molecule has 1 amide bonds. The summed E-state index contributed by atoms with van der Waals surface area (Å²) in [4.78, 5) is 24.3. The van der Waals surface area contributed by atoms with Gasteiger partial charge in [-0.15, -0.1) is 0 Å². The number of rotatable bonds is 4. The van der Waals surface area contributed by atoms with Gasteiger partial charge in [0.1, 0.15) is 6.54 Å². The normalized spacial score (nSPS) is 9.55. The summed E-state index contributed by atoms with van der Waals surface area (Å²) in [5.74, 6) is -0.639. The second-order valence-electron chi connectivity index (χ2n) is 4.08. The fourth-order valence-electron chi connectivity index (χ4n) is 1.84. The summed E-state index contributed by atoms with van der Waals surface area (Å²) in [6, 6.07) is 17.2. The van der Waals surface area contributed by atoms with Crippen LogP contribution in [0.4, 0.5) is 0 Å². The Labute approximate surface area is 116 Å². The van der Waals surface area contributed by atoms with Crippen molar-refractivity contribution >= 4 is 11.7 Å². The molecule has 0 aliphatic heterocycles. The number of benzene rings is 2. The van der Waals surface area contributed by atoms with Crippen molar-refractivity contribution in [1.82, 2.24) is 5.32 Å². The predicted molar refractivity (Wildman–Crippen MR) is 74.3 cm³/mol. The van der Waals surface area contributed by atoms with Crippen molar-refractivity contribution in [3.63, 3.8) is 0 Å². The summed E-state index contributed by atoms with van der Waals surface area (Å²) in [5.41, 5.74) is 1.12. The number of nitrogens with zero attached hydrogens (tertiary/aromatic N) is 1. The van der Waals surface area contributed by atoms with Crippen LogP contribution in [0.2, 0.25) is 0 Å². The Bertz CT molecular complexity index is 672. The third-order valence-corrected chi connectivity index (χ3v) is 2.78. The second-order valence-corrected chi connectivity index (χ2v) is 4.08. The standard InChI is InChI=1S/C16H12N2O2/c17-10-11-18-16(20)14-9-5-4-8-13(14)15(19)12-6-2-1-3-7-12/h1-9H,11H2,(H,18,20). The van der Waals surface area contributed by atoms with E-state index in [9.17, 15) is 9.59 Å². The highest BCUT2D eigenvalue weighted by Crippen LogP contribution is 2.14. The van der Waals surface area contributed by atoms with Gasteiger partial charge in [0.15, 0.2) is 5.78 Å². The maximum absolute atomic E-state index is 12.4. The highest BCUT2D eigenvalue weighted by atomic mass is 16.2. The smallest absolute Gasteiger partial charge is 0.252 e. The summed E-state index contributed by atoms with van der Waals surface area (Å²) in [6.45, 7) is -0.0906. The molecule has 0 saturated heterocycles. The third kappa shape index (κ3) is 2.90. The van der Waals surface area contributed by atoms with E-state index in [0.29, 0.717) is 11.1 Å². The van der Waals surface area contributed by atoms with Crippen LogP contribution in [-0.4, -0.2) is 18.2 Å². The highest BCUT2D eigenvalue weighted by molar-refractivity contribution is 6.15. The minimum atomic E-state index is -0.425. The molecule has 0 aromatic heterocycles. The zero-order valence-electron chi connectivity index (χ0n) is 10.7. The zero-order chi connectivity index (χ0) is 14.4. The molecule has 0 atom stereocenters. The largest absolute Gasteiger partial charge is 0.339 e. The summed E-state index contributed by atoms with van der Waals surface area (Å²) in [6.07, 6.45) is 0. The molecule has 0 aliphatic carbocycles. The number of hydrogen-bond acceptors (Lipinski definition) is 3. The quantitative estimate of drug-likeness (QED) is 0.679. The maximum atomic E-state index is 12.4. The molecule has 2 rings (SSSR count). The Kier molecular flexibility index (Phi) is 4.25. The fraction of sp³-hybridized carbons (Fsp3) is 0.0625. The Morgan fingerprint density at radius 1 is 0.950 bits per heavy atom. The molecule has 20 heavy (non-hydrogen) atoms. The molecular weight excluding hydrogens is 252 g/mol. The van der Waals surface area contributed by atoms with Crippen LogP contribution < -0.4 is 5.32 Å². The maximum Gasteiger partial charge on any atom is 0.252 e. The first-order chi connectivity index (χ1) is 9.74. The monoisotopic (exact) mass is 264 g/mol. The highest BCUT2D eigenvalue weighted by Gasteiger charge is 2.17. The van der Waals surface area contributed by atoms with Crippen LogP contribution in [0.15, 0.2) is 54.6 Å². The van der Waals surface area contributed by atoms with Crippen molar-refractivity contribution in [3.05, 3.63) is 71.3 Å². The summed E-state index contributed by atoms with van der Waals surface area (Å²) in [7, 11) is 0.